The zero-order valence-corrected chi connectivity index (χ0v) is 17.7. The van der Waals surface area contributed by atoms with Crippen molar-refractivity contribution < 1.29 is 34.2 Å². The van der Waals surface area contributed by atoms with Gasteiger partial charge in [0, 0.05) is 0 Å². The maximum atomic E-state index is 11.7. The van der Waals surface area contributed by atoms with Crippen molar-refractivity contribution in [3.05, 3.63) is 12.2 Å². The number of unbranched alkanes of at least 4 members (excludes halogenated alkanes) is 7. The maximum Gasteiger partial charge on any atom is 0.362 e. The monoisotopic (exact) mass is 399 g/mol. The predicted molar refractivity (Wildman–Crippen MR) is 106 cm³/mol. The third-order valence-corrected chi connectivity index (χ3v) is 5.87. The van der Waals surface area contributed by atoms with Gasteiger partial charge in [-0.2, -0.15) is 0 Å². The Morgan fingerprint density at radius 1 is 0.821 bits per heavy atom. The Hall–Kier alpha value is -1.89. The first-order chi connectivity index (χ1) is 13.1. The van der Waals surface area contributed by atoms with E-state index in [1.165, 1.54) is 27.2 Å². The summed E-state index contributed by atoms with van der Waals surface area (Å²) in [7, 11) is 0. The number of carboxylic acid groups (broad SMARTS) is 3. The van der Waals surface area contributed by atoms with Gasteiger partial charge in [0.1, 0.15) is 6.04 Å². The van der Waals surface area contributed by atoms with Crippen LogP contribution in [-0.4, -0.2) is 57.3 Å². The lowest BCUT2D eigenvalue weighted by Crippen LogP contribution is -2.72. The van der Waals surface area contributed by atoms with Gasteiger partial charge < -0.3 is 20.1 Å². The van der Waals surface area contributed by atoms with E-state index in [9.17, 15) is 29.7 Å². The van der Waals surface area contributed by atoms with E-state index in [1.807, 2.05) is 13.0 Å². The zero-order valence-electron chi connectivity index (χ0n) is 17.7. The highest BCUT2D eigenvalue weighted by Gasteiger charge is 2.50. The maximum absolute atomic E-state index is 11.7. The molecule has 0 saturated carbocycles. The minimum atomic E-state index is -1.43. The van der Waals surface area contributed by atoms with Crippen LogP contribution in [0.5, 0.6) is 0 Å². The van der Waals surface area contributed by atoms with Gasteiger partial charge in [-0.25, -0.2) is 9.59 Å². The molecule has 0 rings (SSSR count). The highest BCUT2D eigenvalue weighted by atomic mass is 16.4. The Kier molecular flexibility index (Phi) is 12.4. The van der Waals surface area contributed by atoms with Gasteiger partial charge in [-0.3, -0.25) is 4.48 Å². The Bertz CT molecular complexity index is 481. The van der Waals surface area contributed by atoms with E-state index in [1.54, 1.807) is 0 Å². The Balaban J connectivity index is 4.92. The average Bonchev–Trinajstić information content (AvgIpc) is 2.64. The minimum absolute atomic E-state index is 0.178. The van der Waals surface area contributed by atoms with E-state index >= 15 is 0 Å². The molecule has 0 amide bonds. The van der Waals surface area contributed by atoms with Crippen molar-refractivity contribution in [2.45, 2.75) is 97.2 Å². The van der Waals surface area contributed by atoms with E-state index in [2.05, 4.69) is 6.08 Å². The van der Waals surface area contributed by atoms with Crippen LogP contribution in [0.2, 0.25) is 0 Å². The van der Waals surface area contributed by atoms with E-state index in [0.717, 1.165) is 38.5 Å². The van der Waals surface area contributed by atoms with Crippen molar-refractivity contribution in [2.75, 3.05) is 6.54 Å². The molecule has 0 aliphatic carbocycles. The van der Waals surface area contributed by atoms with Gasteiger partial charge in [0.05, 0.1) is 12.5 Å². The SMILES string of the molecule is C/C=C/CCCCCCCCC[N+](C(C)C(=O)[O-])(C(C)C(=O)O)C(C)C(=O)O. The molecule has 0 fully saturated rings. The molecule has 0 spiro atoms. The van der Waals surface area contributed by atoms with Crippen LogP contribution in [0.4, 0.5) is 0 Å². The summed E-state index contributed by atoms with van der Waals surface area (Å²) in [6, 6.07) is -3.56. The number of hydrogen-bond acceptors (Lipinski definition) is 4. The Morgan fingerprint density at radius 2 is 1.25 bits per heavy atom. The second-order valence-corrected chi connectivity index (χ2v) is 7.57. The van der Waals surface area contributed by atoms with E-state index in [-0.39, 0.29) is 6.54 Å². The normalized spacial score (nSPS) is 17.0. The van der Waals surface area contributed by atoms with E-state index in [0.29, 0.717) is 6.42 Å². The van der Waals surface area contributed by atoms with Crippen molar-refractivity contribution in [2.24, 2.45) is 0 Å². The molecule has 0 heterocycles. The second kappa shape index (κ2) is 13.3. The number of quaternary nitrogens is 1. The number of carboxylic acids is 3. The van der Waals surface area contributed by atoms with Gasteiger partial charge >= 0.3 is 11.9 Å². The highest BCUT2D eigenvalue weighted by Crippen LogP contribution is 2.27. The fraction of sp³-hybridized carbons (Fsp3) is 0.762. The quantitative estimate of drug-likeness (QED) is 0.234. The molecular weight excluding hydrogens is 362 g/mol. The van der Waals surface area contributed by atoms with Crippen molar-refractivity contribution in [3.8, 4) is 0 Å². The number of rotatable bonds is 16. The molecule has 162 valence electrons. The molecule has 0 aromatic carbocycles. The first-order valence-corrected chi connectivity index (χ1v) is 10.3. The summed E-state index contributed by atoms with van der Waals surface area (Å²) in [5, 5.41) is 30.6. The van der Waals surface area contributed by atoms with Gasteiger partial charge in [-0.15, -0.1) is 0 Å². The van der Waals surface area contributed by atoms with Crippen LogP contribution in [-0.2, 0) is 14.4 Å². The van der Waals surface area contributed by atoms with Crippen LogP contribution in [0, 0.1) is 0 Å². The fourth-order valence-electron chi connectivity index (χ4n) is 3.89. The van der Waals surface area contributed by atoms with Gasteiger partial charge in [0.25, 0.3) is 0 Å². The third kappa shape index (κ3) is 7.62. The minimum Gasteiger partial charge on any atom is -0.544 e. The van der Waals surface area contributed by atoms with Crippen molar-refractivity contribution >= 4 is 17.9 Å². The molecule has 7 nitrogen and oxygen atoms in total. The first kappa shape index (κ1) is 26.1. The molecule has 0 saturated heterocycles. The molecule has 3 atom stereocenters. The van der Waals surface area contributed by atoms with Gasteiger partial charge in [-0.1, -0.05) is 37.8 Å². The summed E-state index contributed by atoms with van der Waals surface area (Å²) >= 11 is 0. The van der Waals surface area contributed by atoms with Crippen molar-refractivity contribution in [3.63, 3.8) is 0 Å². The smallest absolute Gasteiger partial charge is 0.362 e. The summed E-state index contributed by atoms with van der Waals surface area (Å²) in [4.78, 5) is 34.9. The number of carbonyl (C=O) groups is 3. The Morgan fingerprint density at radius 3 is 1.64 bits per heavy atom. The topological polar surface area (TPSA) is 115 Å². The number of aliphatic carboxylic acids is 3. The molecule has 0 aromatic heterocycles. The lowest BCUT2D eigenvalue weighted by molar-refractivity contribution is -0.969. The van der Waals surface area contributed by atoms with Crippen LogP contribution >= 0.6 is 0 Å². The highest BCUT2D eigenvalue weighted by molar-refractivity contribution is 5.76. The van der Waals surface area contributed by atoms with Gasteiger partial charge in [0.15, 0.2) is 12.1 Å². The summed E-state index contributed by atoms with van der Waals surface area (Å²) in [5.74, 6) is -3.84. The Labute approximate surface area is 168 Å². The molecule has 0 aliphatic rings. The van der Waals surface area contributed by atoms with E-state index < -0.39 is 40.5 Å². The number of carbonyl (C=O) groups excluding carboxylic acids is 1. The molecule has 3 unspecified atom stereocenters. The molecular formula is C21H37NO6. The van der Waals surface area contributed by atoms with Crippen molar-refractivity contribution in [1.29, 1.82) is 0 Å². The summed E-state index contributed by atoms with van der Waals surface area (Å²) in [6.45, 7) is 6.30. The lowest BCUT2D eigenvalue weighted by Gasteiger charge is -2.49. The number of allylic oxidation sites excluding steroid dienone is 2. The largest absolute Gasteiger partial charge is 0.544 e. The molecule has 0 bridgehead atoms. The molecule has 28 heavy (non-hydrogen) atoms. The predicted octanol–water partition coefficient (Wildman–Crippen LogP) is 2.58. The summed E-state index contributed by atoms with van der Waals surface area (Å²) < 4.78 is -0.545. The fourth-order valence-corrected chi connectivity index (χ4v) is 3.89. The van der Waals surface area contributed by atoms with Crippen LogP contribution in [0.1, 0.15) is 79.1 Å². The number of nitrogens with zero attached hydrogens (tertiary/aromatic N) is 1. The second-order valence-electron chi connectivity index (χ2n) is 7.57. The third-order valence-electron chi connectivity index (χ3n) is 5.87. The molecule has 0 radical (unpaired) electrons. The molecule has 0 aromatic rings. The molecule has 7 heteroatoms. The standard InChI is InChI=1S/C21H37NO6/c1-5-6-7-8-9-10-11-12-13-14-15-22(16(2)19(23)24,17(3)20(25)26)18(4)21(27)28/h5-6,16-18H,7-15H2,1-4H3,(H2-,23,24,25,26,27,28)/b6-5+. The summed E-state index contributed by atoms with van der Waals surface area (Å²) in [6.07, 6.45) is 12.2. The van der Waals surface area contributed by atoms with E-state index in [4.69, 9.17) is 0 Å². The molecule has 0 aliphatic heterocycles. The first-order valence-electron chi connectivity index (χ1n) is 10.3. The van der Waals surface area contributed by atoms with Crippen LogP contribution < -0.4 is 5.11 Å². The van der Waals surface area contributed by atoms with Gasteiger partial charge in [0.2, 0.25) is 0 Å². The molecule has 2 N–H and O–H groups in total. The van der Waals surface area contributed by atoms with Crippen LogP contribution in [0.15, 0.2) is 12.2 Å². The average molecular weight is 400 g/mol. The summed E-state index contributed by atoms with van der Waals surface area (Å²) in [5.41, 5.74) is 0. The number of hydrogen-bond donors (Lipinski definition) is 2. The van der Waals surface area contributed by atoms with Gasteiger partial charge in [-0.05, 0) is 53.4 Å². The van der Waals surface area contributed by atoms with Crippen molar-refractivity contribution in [1.82, 2.24) is 0 Å². The lowest BCUT2D eigenvalue weighted by atomic mass is 10.00. The zero-order chi connectivity index (χ0) is 21.7. The van der Waals surface area contributed by atoms with Crippen LogP contribution in [0.3, 0.4) is 0 Å². The van der Waals surface area contributed by atoms with Crippen LogP contribution in [0.25, 0.3) is 0 Å².